The zero-order valence-corrected chi connectivity index (χ0v) is 29.2. The molecule has 3 atom stereocenters. The largest absolute Gasteiger partial charge is 0.490 e. The summed E-state index contributed by atoms with van der Waals surface area (Å²) >= 11 is 2.07. The summed E-state index contributed by atoms with van der Waals surface area (Å²) in [6, 6.07) is 8.69. The van der Waals surface area contributed by atoms with E-state index in [1.165, 1.54) is 62.7 Å². The molecule has 1 aromatic carbocycles. The van der Waals surface area contributed by atoms with Crippen molar-refractivity contribution in [3.8, 4) is 5.75 Å². The maximum Gasteiger partial charge on any atom is 0.350 e. The van der Waals surface area contributed by atoms with E-state index < -0.39 is 26.4 Å². The molecule has 9 heteroatoms. The van der Waals surface area contributed by atoms with Gasteiger partial charge in [-0.15, -0.1) is 0 Å². The Morgan fingerprint density at radius 1 is 0.884 bits per heavy atom. The number of benzene rings is 1. The van der Waals surface area contributed by atoms with Crippen molar-refractivity contribution in [1.29, 1.82) is 0 Å². The van der Waals surface area contributed by atoms with Crippen LogP contribution < -0.4 is 4.74 Å². The molecule has 7 nitrogen and oxygen atoms in total. The van der Waals surface area contributed by atoms with Crippen LogP contribution in [0.3, 0.4) is 0 Å². The van der Waals surface area contributed by atoms with Gasteiger partial charge < -0.3 is 24.4 Å². The molecule has 0 aliphatic heterocycles. The van der Waals surface area contributed by atoms with Crippen LogP contribution in [0.1, 0.15) is 124 Å². The molecule has 2 N–H and O–H groups in total. The molecular formula is C34H59O7PS. The van der Waals surface area contributed by atoms with E-state index in [1.54, 1.807) is 0 Å². The summed E-state index contributed by atoms with van der Waals surface area (Å²) < 4.78 is 28.2. The Labute approximate surface area is 267 Å². The minimum atomic E-state index is -2.38. The molecule has 248 valence electrons. The molecule has 3 unspecified atom stereocenters. The Balaban J connectivity index is 2.06. The number of carboxylic acids is 1. The quantitative estimate of drug-likeness (QED) is 0.0724. The molecule has 0 aromatic heterocycles. The highest BCUT2D eigenvalue weighted by Gasteiger charge is 2.37. The lowest BCUT2D eigenvalue weighted by molar-refractivity contribution is -0.154. The number of hydrogen-bond acceptors (Lipinski definition) is 7. The molecular weight excluding hydrogens is 583 g/mol. The number of carboxylic acid groups (broad SMARTS) is 1. The fourth-order valence-electron chi connectivity index (χ4n) is 4.64. The molecule has 0 heterocycles. The first-order chi connectivity index (χ1) is 20.5. The number of carbonyl (C=O) groups is 1. The summed E-state index contributed by atoms with van der Waals surface area (Å²) in [7, 11) is -0.878. The predicted molar refractivity (Wildman–Crippen MR) is 179 cm³/mol. The highest BCUT2D eigenvalue weighted by atomic mass is 32.2. The molecule has 0 saturated carbocycles. The van der Waals surface area contributed by atoms with Crippen molar-refractivity contribution in [2.24, 2.45) is 0 Å². The molecule has 1 rings (SSSR count). The van der Waals surface area contributed by atoms with E-state index in [2.05, 4.69) is 70.6 Å². The van der Waals surface area contributed by atoms with Crippen molar-refractivity contribution >= 4 is 26.2 Å². The maximum absolute atomic E-state index is 10.9. The number of unbranched alkanes of at least 4 members (excludes halogenated alkanes) is 7. The van der Waals surface area contributed by atoms with Gasteiger partial charge in [-0.25, -0.2) is 4.79 Å². The molecule has 0 saturated heterocycles. The number of aliphatic carboxylic acids is 1. The topological polar surface area (TPSA) is 102 Å². The highest BCUT2D eigenvalue weighted by Crippen LogP contribution is 2.26. The lowest BCUT2D eigenvalue weighted by atomic mass is 9.87. The van der Waals surface area contributed by atoms with Gasteiger partial charge in [0.05, 0.1) is 18.8 Å². The molecule has 0 bridgehead atoms. The third-order valence-corrected chi connectivity index (χ3v) is 9.24. The standard InChI is InChI=1S/C34H59O7PS/c1-6-7-12-17-30(41-31-20-18-29(19-21-31)33(3,4)5)22-26-43-25-14-11-9-8-10-13-16-28(2)40-24-15-23-39-27-34(37,42-38)32(35)36/h18-21,28,30,37H,6-17,22-27H2,1-5H3,(H,35,36). The van der Waals surface area contributed by atoms with E-state index in [1.807, 2.05) is 0 Å². The van der Waals surface area contributed by atoms with Crippen molar-refractivity contribution in [3.63, 3.8) is 0 Å². The number of ether oxygens (including phenoxy) is 3. The fraction of sp³-hybridized carbons (Fsp3) is 0.794. The lowest BCUT2D eigenvalue weighted by Crippen LogP contribution is -2.37. The Hall–Kier alpha value is -1.18. The summed E-state index contributed by atoms with van der Waals surface area (Å²) in [5.74, 6) is 1.82. The zero-order valence-electron chi connectivity index (χ0n) is 27.5. The second-order valence-corrected chi connectivity index (χ2v) is 14.8. The Morgan fingerprint density at radius 2 is 1.53 bits per heavy atom. The molecule has 43 heavy (non-hydrogen) atoms. The molecule has 0 amide bonds. The van der Waals surface area contributed by atoms with Crippen molar-refractivity contribution < 1.29 is 33.8 Å². The minimum Gasteiger partial charge on any atom is -0.490 e. The van der Waals surface area contributed by atoms with Gasteiger partial charge in [0.2, 0.25) is 8.46 Å². The van der Waals surface area contributed by atoms with Gasteiger partial charge >= 0.3 is 5.97 Å². The van der Waals surface area contributed by atoms with Gasteiger partial charge in [0.15, 0.2) is 0 Å². The molecule has 0 aliphatic carbocycles. The van der Waals surface area contributed by atoms with Gasteiger partial charge in [-0.05, 0) is 80.1 Å². The van der Waals surface area contributed by atoms with E-state index >= 15 is 0 Å². The number of hydrogen-bond donors (Lipinski definition) is 2. The van der Waals surface area contributed by atoms with Crippen LogP contribution in [0, 0.1) is 0 Å². The summed E-state index contributed by atoms with van der Waals surface area (Å²) in [4.78, 5) is 10.9. The Bertz CT molecular complexity index is 861. The van der Waals surface area contributed by atoms with Crippen molar-refractivity contribution in [2.75, 3.05) is 31.3 Å². The third kappa shape index (κ3) is 19.1. The monoisotopic (exact) mass is 642 g/mol. The number of rotatable bonds is 27. The van der Waals surface area contributed by atoms with Crippen LogP contribution in [0.2, 0.25) is 0 Å². The average molecular weight is 643 g/mol. The van der Waals surface area contributed by atoms with Crippen LogP contribution in [0.5, 0.6) is 5.75 Å². The van der Waals surface area contributed by atoms with E-state index in [0.29, 0.717) is 19.1 Å². The maximum atomic E-state index is 10.9. The number of aliphatic hydroxyl groups is 1. The van der Waals surface area contributed by atoms with Gasteiger partial charge in [-0.2, -0.15) is 11.8 Å². The second kappa shape index (κ2) is 23.2. The van der Waals surface area contributed by atoms with Gasteiger partial charge in [0.1, 0.15) is 5.75 Å². The first-order valence-corrected chi connectivity index (χ1v) is 18.3. The van der Waals surface area contributed by atoms with Crippen LogP contribution in [-0.2, 0) is 24.2 Å². The fourth-order valence-corrected chi connectivity index (χ4v) is 5.90. The molecule has 0 spiro atoms. The van der Waals surface area contributed by atoms with Crippen LogP contribution in [0.15, 0.2) is 24.3 Å². The van der Waals surface area contributed by atoms with E-state index in [0.717, 1.165) is 37.2 Å². The summed E-state index contributed by atoms with van der Waals surface area (Å²) in [6.07, 6.45) is 15.6. The molecule has 0 radical (unpaired) electrons. The third-order valence-electron chi connectivity index (χ3n) is 7.52. The average Bonchev–Trinajstić information content (AvgIpc) is 2.97. The number of thioether (sulfide) groups is 1. The highest BCUT2D eigenvalue weighted by molar-refractivity contribution is 7.99. The van der Waals surface area contributed by atoms with E-state index in [9.17, 15) is 14.5 Å². The van der Waals surface area contributed by atoms with Crippen LogP contribution in [0.25, 0.3) is 0 Å². The van der Waals surface area contributed by atoms with Gasteiger partial charge in [-0.1, -0.05) is 84.8 Å². The lowest BCUT2D eigenvalue weighted by Gasteiger charge is -2.22. The minimum absolute atomic E-state index is 0.160. The Kier molecular flexibility index (Phi) is 21.5. The van der Waals surface area contributed by atoms with E-state index in [4.69, 9.17) is 19.3 Å². The van der Waals surface area contributed by atoms with Gasteiger partial charge in [-0.3, -0.25) is 4.57 Å². The molecule has 0 aliphatic rings. The first-order valence-electron chi connectivity index (χ1n) is 16.4. The van der Waals surface area contributed by atoms with Crippen LogP contribution in [0.4, 0.5) is 0 Å². The van der Waals surface area contributed by atoms with E-state index in [-0.39, 0.29) is 18.1 Å². The van der Waals surface area contributed by atoms with Crippen LogP contribution in [-0.4, -0.2) is 65.1 Å². The van der Waals surface area contributed by atoms with Crippen molar-refractivity contribution in [3.05, 3.63) is 29.8 Å². The molecule has 0 fully saturated rings. The second-order valence-electron chi connectivity index (χ2n) is 12.6. The molecule has 1 aromatic rings. The van der Waals surface area contributed by atoms with Gasteiger partial charge in [0.25, 0.3) is 5.34 Å². The van der Waals surface area contributed by atoms with Crippen molar-refractivity contribution in [2.45, 2.75) is 141 Å². The summed E-state index contributed by atoms with van der Waals surface area (Å²) in [5.41, 5.74) is 1.50. The SMILES string of the molecule is CCCCCC(CCSCCCCCCCCC(C)OCCCOCC(O)(P=O)C(=O)O)Oc1ccc(C(C)(C)C)cc1. The normalized spacial score (nSPS) is 14.8. The van der Waals surface area contributed by atoms with Gasteiger partial charge in [0, 0.05) is 13.2 Å². The van der Waals surface area contributed by atoms with Crippen molar-refractivity contribution in [1.82, 2.24) is 0 Å². The predicted octanol–water partition coefficient (Wildman–Crippen LogP) is 9.04. The first kappa shape index (κ1) is 39.8. The Morgan fingerprint density at radius 3 is 2.16 bits per heavy atom. The van der Waals surface area contributed by atoms with Crippen LogP contribution >= 0.6 is 20.2 Å². The summed E-state index contributed by atoms with van der Waals surface area (Å²) in [5, 5.41) is 16.1. The smallest absolute Gasteiger partial charge is 0.350 e. The summed E-state index contributed by atoms with van der Waals surface area (Å²) in [6.45, 7) is 11.3. The zero-order chi connectivity index (χ0) is 32.0.